The number of rotatable bonds is 6. The van der Waals surface area contributed by atoms with Crippen LogP contribution in [0.25, 0.3) is 0 Å². The number of nitrogens with one attached hydrogen (secondary N) is 1. The monoisotopic (exact) mass is 367 g/mol. The lowest BCUT2D eigenvalue weighted by Gasteiger charge is -2.14. The molecule has 1 unspecified atom stereocenters. The van der Waals surface area contributed by atoms with Gasteiger partial charge in [-0.15, -0.1) is 11.3 Å². The standard InChI is InChI=1S/C16H18BrNO2S/c1-11(8-14-4-3-7-21-14)18-10-13-6-5-12(9-15(13)17)16(19)20-2/h3-7,9,11,18H,8,10H2,1-2H3. The molecule has 3 nitrogen and oxygen atoms in total. The molecule has 0 amide bonds. The van der Waals surface area contributed by atoms with Gasteiger partial charge in [0.2, 0.25) is 0 Å². The van der Waals surface area contributed by atoms with Crippen molar-refractivity contribution in [3.63, 3.8) is 0 Å². The van der Waals surface area contributed by atoms with Gasteiger partial charge >= 0.3 is 5.97 Å². The molecule has 0 aliphatic rings. The maximum atomic E-state index is 11.5. The first-order valence-electron chi connectivity index (χ1n) is 6.72. The Balaban J connectivity index is 1.92. The molecule has 0 aliphatic heterocycles. The number of esters is 1. The van der Waals surface area contributed by atoms with Gasteiger partial charge in [0.1, 0.15) is 0 Å². The number of ether oxygens (including phenoxy) is 1. The molecule has 2 rings (SSSR count). The Hall–Kier alpha value is -1.17. The number of hydrogen-bond donors (Lipinski definition) is 1. The van der Waals surface area contributed by atoms with Gasteiger partial charge in [0, 0.05) is 21.9 Å². The summed E-state index contributed by atoms with van der Waals surface area (Å²) in [6, 6.07) is 10.2. The van der Waals surface area contributed by atoms with E-state index in [1.54, 1.807) is 23.5 Å². The van der Waals surface area contributed by atoms with Gasteiger partial charge in [0.05, 0.1) is 12.7 Å². The second kappa shape index (κ2) is 7.73. The normalized spacial score (nSPS) is 12.1. The summed E-state index contributed by atoms with van der Waals surface area (Å²) in [5, 5.41) is 5.60. The van der Waals surface area contributed by atoms with Crippen molar-refractivity contribution in [3.8, 4) is 0 Å². The molecule has 0 saturated carbocycles. The third-order valence-corrected chi connectivity index (χ3v) is 4.84. The van der Waals surface area contributed by atoms with E-state index in [0.717, 1.165) is 23.0 Å². The molecule has 1 aromatic heterocycles. The minimum atomic E-state index is -0.318. The van der Waals surface area contributed by atoms with Crippen molar-refractivity contribution in [1.29, 1.82) is 0 Å². The Bertz CT molecular complexity index is 598. The highest BCUT2D eigenvalue weighted by Gasteiger charge is 2.09. The van der Waals surface area contributed by atoms with E-state index in [1.807, 2.05) is 6.07 Å². The van der Waals surface area contributed by atoms with E-state index < -0.39 is 0 Å². The fourth-order valence-electron chi connectivity index (χ4n) is 2.02. The fourth-order valence-corrected chi connectivity index (χ4v) is 3.38. The minimum absolute atomic E-state index is 0.318. The van der Waals surface area contributed by atoms with Crippen LogP contribution in [0.3, 0.4) is 0 Å². The maximum Gasteiger partial charge on any atom is 0.337 e. The van der Waals surface area contributed by atoms with Gasteiger partial charge in [-0.25, -0.2) is 4.79 Å². The van der Waals surface area contributed by atoms with Gasteiger partial charge in [-0.1, -0.05) is 28.1 Å². The zero-order chi connectivity index (χ0) is 15.2. The van der Waals surface area contributed by atoms with Gasteiger partial charge in [-0.3, -0.25) is 0 Å². The average molecular weight is 368 g/mol. The zero-order valence-electron chi connectivity index (χ0n) is 12.1. The van der Waals surface area contributed by atoms with Crippen LogP contribution in [0, 0.1) is 0 Å². The Morgan fingerprint density at radius 3 is 2.86 bits per heavy atom. The highest BCUT2D eigenvalue weighted by atomic mass is 79.9. The third-order valence-electron chi connectivity index (χ3n) is 3.20. The summed E-state index contributed by atoms with van der Waals surface area (Å²) in [4.78, 5) is 12.8. The summed E-state index contributed by atoms with van der Waals surface area (Å²) in [5.41, 5.74) is 1.68. The second-order valence-corrected chi connectivity index (χ2v) is 6.75. The summed E-state index contributed by atoms with van der Waals surface area (Å²) in [6.07, 6.45) is 1.02. The topological polar surface area (TPSA) is 38.3 Å². The minimum Gasteiger partial charge on any atom is -0.465 e. The summed E-state index contributed by atoms with van der Waals surface area (Å²) in [5.74, 6) is -0.318. The molecule has 2 aromatic rings. The van der Waals surface area contributed by atoms with E-state index in [4.69, 9.17) is 4.74 Å². The van der Waals surface area contributed by atoms with Crippen LogP contribution in [0.4, 0.5) is 0 Å². The van der Waals surface area contributed by atoms with Crippen molar-refractivity contribution in [2.24, 2.45) is 0 Å². The molecular formula is C16H18BrNO2S. The third kappa shape index (κ3) is 4.66. The molecule has 0 saturated heterocycles. The van der Waals surface area contributed by atoms with E-state index in [2.05, 4.69) is 45.7 Å². The van der Waals surface area contributed by atoms with Crippen LogP contribution in [0.1, 0.15) is 27.7 Å². The average Bonchev–Trinajstić information content (AvgIpc) is 2.98. The van der Waals surface area contributed by atoms with E-state index in [-0.39, 0.29) is 5.97 Å². The van der Waals surface area contributed by atoms with Gasteiger partial charge in [0.15, 0.2) is 0 Å². The SMILES string of the molecule is COC(=O)c1ccc(CNC(C)Cc2cccs2)c(Br)c1. The lowest BCUT2D eigenvalue weighted by molar-refractivity contribution is 0.0600. The van der Waals surface area contributed by atoms with Crippen LogP contribution in [-0.2, 0) is 17.7 Å². The molecule has 1 heterocycles. The fraction of sp³-hybridized carbons (Fsp3) is 0.312. The molecule has 5 heteroatoms. The van der Waals surface area contributed by atoms with E-state index >= 15 is 0 Å². The largest absolute Gasteiger partial charge is 0.465 e. The molecule has 0 radical (unpaired) electrons. The maximum absolute atomic E-state index is 11.5. The number of benzene rings is 1. The molecule has 1 N–H and O–H groups in total. The second-order valence-electron chi connectivity index (χ2n) is 4.86. The molecule has 0 fully saturated rings. The quantitative estimate of drug-likeness (QED) is 0.783. The molecule has 0 aliphatic carbocycles. The van der Waals surface area contributed by atoms with Crippen LogP contribution < -0.4 is 5.32 Å². The number of thiophene rings is 1. The molecule has 21 heavy (non-hydrogen) atoms. The first-order chi connectivity index (χ1) is 10.1. The smallest absolute Gasteiger partial charge is 0.337 e. The van der Waals surface area contributed by atoms with Crippen molar-refractivity contribution in [2.45, 2.75) is 25.9 Å². The van der Waals surface area contributed by atoms with Crippen LogP contribution in [0.15, 0.2) is 40.2 Å². The summed E-state index contributed by atoms with van der Waals surface area (Å²) < 4.78 is 5.63. The summed E-state index contributed by atoms with van der Waals surface area (Å²) in [6.45, 7) is 2.94. The van der Waals surface area contributed by atoms with E-state index in [9.17, 15) is 4.79 Å². The van der Waals surface area contributed by atoms with Gasteiger partial charge in [-0.05, 0) is 42.5 Å². The lowest BCUT2D eigenvalue weighted by atomic mass is 10.1. The first kappa shape index (κ1) is 16.2. The van der Waals surface area contributed by atoms with Crippen molar-refractivity contribution in [1.82, 2.24) is 5.32 Å². The predicted molar refractivity (Wildman–Crippen MR) is 89.8 cm³/mol. The Morgan fingerprint density at radius 2 is 2.24 bits per heavy atom. The number of carbonyl (C=O) groups excluding carboxylic acids is 1. The van der Waals surface area contributed by atoms with Crippen molar-refractivity contribution >= 4 is 33.2 Å². The van der Waals surface area contributed by atoms with Gasteiger partial charge in [0.25, 0.3) is 0 Å². The Kier molecular flexibility index (Phi) is 5.96. The Labute approximate surface area is 137 Å². The van der Waals surface area contributed by atoms with E-state index in [0.29, 0.717) is 11.6 Å². The van der Waals surface area contributed by atoms with Gasteiger partial charge in [-0.2, -0.15) is 0 Å². The number of methoxy groups -OCH3 is 1. The molecule has 1 aromatic carbocycles. The molecule has 0 bridgehead atoms. The van der Waals surface area contributed by atoms with E-state index in [1.165, 1.54) is 12.0 Å². The zero-order valence-corrected chi connectivity index (χ0v) is 14.5. The van der Waals surface area contributed by atoms with Crippen LogP contribution in [-0.4, -0.2) is 19.1 Å². The Morgan fingerprint density at radius 1 is 1.43 bits per heavy atom. The lowest BCUT2D eigenvalue weighted by Crippen LogP contribution is -2.27. The predicted octanol–water partition coefficient (Wildman–Crippen LogP) is 4.02. The molecule has 0 spiro atoms. The molecular weight excluding hydrogens is 350 g/mol. The summed E-state index contributed by atoms with van der Waals surface area (Å²) >= 11 is 5.29. The van der Waals surface area contributed by atoms with Crippen LogP contribution >= 0.6 is 27.3 Å². The highest BCUT2D eigenvalue weighted by Crippen LogP contribution is 2.19. The molecule has 1 atom stereocenters. The van der Waals surface area contributed by atoms with Crippen LogP contribution in [0.5, 0.6) is 0 Å². The van der Waals surface area contributed by atoms with Crippen LogP contribution in [0.2, 0.25) is 0 Å². The van der Waals surface area contributed by atoms with Crippen molar-refractivity contribution in [3.05, 3.63) is 56.2 Å². The molecule has 112 valence electrons. The number of carbonyl (C=O) groups is 1. The van der Waals surface area contributed by atoms with Crippen molar-refractivity contribution < 1.29 is 9.53 Å². The first-order valence-corrected chi connectivity index (χ1v) is 8.40. The number of hydrogen-bond acceptors (Lipinski definition) is 4. The highest BCUT2D eigenvalue weighted by molar-refractivity contribution is 9.10. The van der Waals surface area contributed by atoms with Gasteiger partial charge < -0.3 is 10.1 Å². The summed E-state index contributed by atoms with van der Waals surface area (Å²) in [7, 11) is 1.39. The number of halogens is 1. The van der Waals surface area contributed by atoms with Crippen molar-refractivity contribution in [2.75, 3.05) is 7.11 Å².